The van der Waals surface area contributed by atoms with Crippen LogP contribution in [0.3, 0.4) is 0 Å². The van der Waals surface area contributed by atoms with Crippen molar-refractivity contribution in [1.29, 1.82) is 0 Å². The van der Waals surface area contributed by atoms with Gasteiger partial charge in [-0.1, -0.05) is 34.1 Å². The molecular weight excluding hydrogens is 736 g/mol. The fourth-order valence-electron chi connectivity index (χ4n) is 7.01. The van der Waals surface area contributed by atoms with Gasteiger partial charge >= 0.3 is 12.1 Å². The molecule has 0 aliphatic carbocycles. The van der Waals surface area contributed by atoms with Crippen molar-refractivity contribution in [1.82, 2.24) is 25.1 Å². The van der Waals surface area contributed by atoms with Gasteiger partial charge in [-0.3, -0.25) is 24.1 Å². The van der Waals surface area contributed by atoms with E-state index in [1.54, 1.807) is 29.1 Å². The zero-order valence-corrected chi connectivity index (χ0v) is 33.5. The molecule has 2 aliphatic rings. The Morgan fingerprint density at radius 1 is 1.06 bits per heavy atom. The molecule has 0 unspecified atom stereocenters. The average molecular weight is 788 g/mol. The van der Waals surface area contributed by atoms with Crippen LogP contribution >= 0.6 is 34.4 Å². The molecule has 52 heavy (non-hydrogen) atoms. The molecule has 2 aromatic heterocycles. The van der Waals surface area contributed by atoms with Crippen LogP contribution in [0.15, 0.2) is 10.8 Å². The Bertz CT molecular complexity index is 1530. The second kappa shape index (κ2) is 18.7. The third-order valence-corrected chi connectivity index (χ3v) is 13.0. The van der Waals surface area contributed by atoms with Gasteiger partial charge in [0.2, 0.25) is 5.91 Å². The highest BCUT2D eigenvalue weighted by Gasteiger charge is 2.41. The van der Waals surface area contributed by atoms with Gasteiger partial charge < -0.3 is 15.0 Å². The Morgan fingerprint density at radius 2 is 1.77 bits per heavy atom. The predicted molar refractivity (Wildman–Crippen MR) is 198 cm³/mol. The zero-order chi connectivity index (χ0) is 38.3. The molecule has 2 amide bonds. The number of thiazole rings is 2. The summed E-state index contributed by atoms with van der Waals surface area (Å²) in [5.41, 5.74) is -0.853. The van der Waals surface area contributed by atoms with E-state index in [1.165, 1.54) is 6.92 Å². The van der Waals surface area contributed by atoms with Crippen LogP contribution < -0.4 is 5.32 Å². The van der Waals surface area contributed by atoms with E-state index in [4.69, 9.17) is 4.74 Å². The number of esters is 1. The van der Waals surface area contributed by atoms with Gasteiger partial charge in [0.05, 0.1) is 11.0 Å². The van der Waals surface area contributed by atoms with Crippen LogP contribution in [0.25, 0.3) is 0 Å². The van der Waals surface area contributed by atoms with Crippen LogP contribution in [0.5, 0.6) is 0 Å². The van der Waals surface area contributed by atoms with Gasteiger partial charge in [0.1, 0.15) is 10.7 Å². The first-order chi connectivity index (χ1) is 24.4. The molecule has 2 fully saturated rings. The van der Waals surface area contributed by atoms with Gasteiger partial charge in [-0.2, -0.15) is 24.9 Å². The van der Waals surface area contributed by atoms with Gasteiger partial charge in [0.15, 0.2) is 17.6 Å². The van der Waals surface area contributed by atoms with E-state index in [-0.39, 0.29) is 71.5 Å². The minimum absolute atomic E-state index is 0.0353. The van der Waals surface area contributed by atoms with E-state index in [0.717, 1.165) is 65.4 Å². The van der Waals surface area contributed by atoms with Crippen molar-refractivity contribution in [3.05, 3.63) is 32.2 Å². The lowest BCUT2D eigenvalue weighted by Gasteiger charge is -2.40. The van der Waals surface area contributed by atoms with E-state index in [1.807, 2.05) is 34.7 Å². The van der Waals surface area contributed by atoms with Gasteiger partial charge in [0.25, 0.3) is 5.91 Å². The number of hydrogen-bond acceptors (Lipinski definition) is 11. The molecule has 4 heterocycles. The number of likely N-dealkylation sites (N-methyl/N-ethyl adjacent to an activating group) is 1. The van der Waals surface area contributed by atoms with Gasteiger partial charge in [0, 0.05) is 62.0 Å². The highest BCUT2D eigenvalue weighted by atomic mass is 32.2. The number of alkyl halides is 3. The predicted octanol–water partition coefficient (Wildman–Crippen LogP) is 6.91. The van der Waals surface area contributed by atoms with E-state index in [2.05, 4.69) is 20.2 Å². The van der Waals surface area contributed by atoms with Crippen LogP contribution in [0, 0.1) is 23.7 Å². The van der Waals surface area contributed by atoms with Crippen LogP contribution in [0.4, 0.5) is 13.2 Å². The lowest BCUT2D eigenvalue weighted by Crippen LogP contribution is -2.50. The number of ether oxygens (including phenoxy) is 1. The third-order valence-electron chi connectivity index (χ3n) is 9.88. The topological polar surface area (TPSA) is 122 Å². The molecule has 0 saturated carbocycles. The number of thioether (sulfide) groups is 1. The first-order valence-electron chi connectivity index (χ1n) is 18.0. The van der Waals surface area contributed by atoms with Crippen molar-refractivity contribution in [2.24, 2.45) is 23.7 Å². The minimum atomic E-state index is -4.54. The normalized spacial score (nSPS) is 19.5. The monoisotopic (exact) mass is 787 g/mol. The summed E-state index contributed by atoms with van der Waals surface area (Å²) in [6, 6.07) is -1.01. The highest BCUT2D eigenvalue weighted by Crippen LogP contribution is 2.37. The molecule has 2 aliphatic heterocycles. The van der Waals surface area contributed by atoms with Crippen molar-refractivity contribution in [3.8, 4) is 0 Å². The number of carbonyl (C=O) groups is 4. The maximum atomic E-state index is 14.2. The number of carbonyl (C=O) groups excluding carboxylic acids is 4. The lowest BCUT2D eigenvalue weighted by molar-refractivity contribution is -0.149. The molecular formula is C36H52F3N5O5S3. The Balaban J connectivity index is 1.49. The van der Waals surface area contributed by atoms with Gasteiger partial charge in [-0.25, -0.2) is 9.97 Å². The molecule has 16 heteroatoms. The van der Waals surface area contributed by atoms with Crippen LogP contribution in [0.2, 0.25) is 0 Å². The SMILES string of the molecule is CC(=O)O[C@H](C[C@H](C(C)C)N(C)C(=O)[C@@H](CC(=O)[C@H]1CCCCN1C)C1CSC1)c1nc(C(=O)N[C@@H](Cc2nc(C(F)(F)F)cs2)CC(C)C)cs1. The number of hydrogen-bond donors (Lipinski definition) is 1. The lowest BCUT2D eigenvalue weighted by atomic mass is 9.84. The molecule has 290 valence electrons. The standard InChI is InChI=1S/C36H52F3N5O5S3/c1-20(2)12-24(13-32-42-31(19-51-32)36(37,38)39)40-33(47)26-18-52-34(41-26)30(49-22(5)45)15-28(21(3)4)44(7)35(48)25(23-16-50-17-23)14-29(46)27-10-8-9-11-43(27)6/h18-21,23-25,27-28,30H,8-17H2,1-7H3,(H,40,47)/t24-,25+,27-,28-,30-/m1/s1. The van der Waals surface area contributed by atoms with Crippen molar-refractivity contribution in [2.75, 3.05) is 32.1 Å². The molecule has 0 spiro atoms. The van der Waals surface area contributed by atoms with Gasteiger partial charge in [-0.15, -0.1) is 22.7 Å². The van der Waals surface area contributed by atoms with Crippen LogP contribution in [-0.4, -0.2) is 93.6 Å². The van der Waals surface area contributed by atoms with Crippen molar-refractivity contribution >= 4 is 58.0 Å². The highest BCUT2D eigenvalue weighted by molar-refractivity contribution is 8.00. The number of nitrogens with zero attached hydrogens (tertiary/aromatic N) is 4. The number of ketones is 1. The molecule has 4 rings (SSSR count). The summed E-state index contributed by atoms with van der Waals surface area (Å²) in [5.74, 6) is 0.472. The largest absolute Gasteiger partial charge is 0.455 e. The Labute approximate surface area is 317 Å². The second-order valence-electron chi connectivity index (χ2n) is 14.9. The summed E-state index contributed by atoms with van der Waals surface area (Å²) in [6.45, 7) is 10.1. The van der Waals surface area contributed by atoms with Crippen molar-refractivity contribution in [2.45, 2.75) is 110 Å². The number of likely N-dealkylation sites (tertiary alicyclic amines) is 1. The fourth-order valence-corrected chi connectivity index (χ4v) is 9.70. The molecule has 0 aromatic carbocycles. The molecule has 1 N–H and O–H groups in total. The van der Waals surface area contributed by atoms with E-state index in [9.17, 15) is 32.3 Å². The number of aromatic nitrogens is 2. The van der Waals surface area contributed by atoms with Crippen LogP contribution in [0.1, 0.15) is 105 Å². The molecule has 5 atom stereocenters. The van der Waals surface area contributed by atoms with Crippen LogP contribution in [-0.2, 0) is 31.7 Å². The van der Waals surface area contributed by atoms with Gasteiger partial charge in [-0.05, 0) is 62.1 Å². The van der Waals surface area contributed by atoms with E-state index >= 15 is 0 Å². The quantitative estimate of drug-likeness (QED) is 0.171. The number of nitrogens with one attached hydrogen (secondary N) is 1. The van der Waals surface area contributed by atoms with E-state index < -0.39 is 41.8 Å². The second-order valence-corrected chi connectivity index (χ2v) is 17.8. The number of rotatable bonds is 17. The summed E-state index contributed by atoms with van der Waals surface area (Å²) >= 11 is 3.84. The molecule has 0 radical (unpaired) electrons. The molecule has 0 bridgehead atoms. The zero-order valence-electron chi connectivity index (χ0n) is 31.0. The first-order valence-corrected chi connectivity index (χ1v) is 20.9. The summed E-state index contributed by atoms with van der Waals surface area (Å²) in [6.07, 6.45) is -1.41. The Morgan fingerprint density at radius 3 is 2.33 bits per heavy atom. The minimum Gasteiger partial charge on any atom is -0.455 e. The summed E-state index contributed by atoms with van der Waals surface area (Å²) < 4.78 is 45.2. The number of piperidine rings is 1. The Hall–Kier alpha value is -2.56. The molecule has 10 nitrogen and oxygen atoms in total. The summed E-state index contributed by atoms with van der Waals surface area (Å²) in [4.78, 5) is 65.6. The maximum Gasteiger partial charge on any atom is 0.434 e. The fraction of sp³-hybridized carbons (Fsp3) is 0.722. The Kier molecular flexibility index (Phi) is 15.1. The number of Topliss-reactive ketones (excluding diaryl/α,β-unsaturated/α-hetero) is 1. The summed E-state index contributed by atoms with van der Waals surface area (Å²) in [5, 5.41) is 6.13. The molecule has 2 aromatic rings. The van der Waals surface area contributed by atoms with Crippen molar-refractivity contribution in [3.63, 3.8) is 0 Å². The average Bonchev–Trinajstić information content (AvgIpc) is 3.71. The molecule has 2 saturated heterocycles. The first kappa shape index (κ1) is 42.2. The summed E-state index contributed by atoms with van der Waals surface area (Å²) in [7, 11) is 3.73. The number of amides is 2. The maximum absolute atomic E-state index is 14.2. The van der Waals surface area contributed by atoms with E-state index in [0.29, 0.717) is 11.4 Å². The third kappa shape index (κ3) is 11.5. The van der Waals surface area contributed by atoms with Crippen molar-refractivity contribution < 1.29 is 37.1 Å². The smallest absolute Gasteiger partial charge is 0.434 e. The number of halogens is 3.